The molecule has 1 aliphatic rings. The largest absolute Gasteiger partial charge is 0.347 e. The van der Waals surface area contributed by atoms with Gasteiger partial charge in [0.05, 0.1) is 0 Å². The van der Waals surface area contributed by atoms with E-state index in [9.17, 15) is 4.79 Å². The first-order chi connectivity index (χ1) is 12.5. The summed E-state index contributed by atoms with van der Waals surface area (Å²) in [5, 5.41) is 3.59. The number of nitrogens with zero attached hydrogens (tertiary/aromatic N) is 4. The van der Waals surface area contributed by atoms with Crippen molar-refractivity contribution in [3.8, 4) is 0 Å². The molecular formula is C19H24ClN5O. The van der Waals surface area contributed by atoms with Crippen LogP contribution in [0, 0.1) is 6.92 Å². The second-order valence-corrected chi connectivity index (χ2v) is 6.86. The topological polar surface area (TPSA) is 61.4 Å². The first-order valence-corrected chi connectivity index (χ1v) is 9.28. The fourth-order valence-corrected chi connectivity index (χ4v) is 3.08. The van der Waals surface area contributed by atoms with Gasteiger partial charge in [-0.3, -0.25) is 4.79 Å². The summed E-state index contributed by atoms with van der Waals surface area (Å²) < 4.78 is 0. The number of rotatable bonds is 5. The van der Waals surface area contributed by atoms with Crippen molar-refractivity contribution in [3.63, 3.8) is 0 Å². The molecule has 1 aromatic carbocycles. The van der Waals surface area contributed by atoms with Gasteiger partial charge in [0.1, 0.15) is 5.69 Å². The fraction of sp³-hybridized carbons (Fsp3) is 0.421. The molecule has 1 aliphatic heterocycles. The molecule has 0 unspecified atom stereocenters. The number of halogens is 1. The predicted octanol–water partition coefficient (Wildman–Crippen LogP) is 2.51. The smallest absolute Gasteiger partial charge is 0.270 e. The van der Waals surface area contributed by atoms with E-state index in [0.717, 1.165) is 44.0 Å². The molecule has 138 valence electrons. The fourth-order valence-electron chi connectivity index (χ4n) is 2.95. The standard InChI is InChI=1S/C19H24ClN5O/c1-3-24-8-10-25(11-9-24)19-22-14(2)12-17(23-19)18(26)21-13-15-4-6-16(20)7-5-15/h4-7,12H,3,8-11,13H2,1-2H3,(H,21,26). The highest BCUT2D eigenvalue weighted by molar-refractivity contribution is 6.30. The van der Waals surface area contributed by atoms with Gasteiger partial charge in [-0.25, -0.2) is 9.97 Å². The molecule has 0 radical (unpaired) electrons. The lowest BCUT2D eigenvalue weighted by atomic mass is 10.2. The first kappa shape index (κ1) is 18.6. The molecule has 3 rings (SSSR count). The maximum absolute atomic E-state index is 12.5. The Balaban J connectivity index is 1.66. The second kappa shape index (κ2) is 8.47. The molecule has 1 saturated heterocycles. The Morgan fingerprint density at radius 3 is 2.50 bits per heavy atom. The molecule has 1 fully saturated rings. The third-order valence-corrected chi connectivity index (χ3v) is 4.80. The Morgan fingerprint density at radius 1 is 1.15 bits per heavy atom. The third-order valence-electron chi connectivity index (χ3n) is 4.54. The minimum atomic E-state index is -0.195. The van der Waals surface area contributed by atoms with Gasteiger partial charge in [0.2, 0.25) is 5.95 Å². The summed E-state index contributed by atoms with van der Waals surface area (Å²) in [5.41, 5.74) is 2.19. The van der Waals surface area contributed by atoms with E-state index in [2.05, 4.69) is 32.0 Å². The van der Waals surface area contributed by atoms with Crippen molar-refractivity contribution in [1.82, 2.24) is 20.2 Å². The summed E-state index contributed by atoms with van der Waals surface area (Å²) in [7, 11) is 0. The van der Waals surface area contributed by atoms with Crippen LogP contribution in [0.4, 0.5) is 5.95 Å². The molecule has 7 heteroatoms. The second-order valence-electron chi connectivity index (χ2n) is 6.43. The number of benzene rings is 1. The Hall–Kier alpha value is -2.18. The van der Waals surface area contributed by atoms with Crippen molar-refractivity contribution in [2.45, 2.75) is 20.4 Å². The molecule has 0 spiro atoms. The number of aromatic nitrogens is 2. The molecule has 0 saturated carbocycles. The Morgan fingerprint density at radius 2 is 1.85 bits per heavy atom. The van der Waals surface area contributed by atoms with Crippen molar-refractivity contribution in [2.24, 2.45) is 0 Å². The zero-order valence-corrected chi connectivity index (χ0v) is 16.0. The SMILES string of the molecule is CCN1CCN(c2nc(C)cc(C(=O)NCc3ccc(Cl)cc3)n2)CC1. The molecule has 6 nitrogen and oxygen atoms in total. The summed E-state index contributed by atoms with van der Waals surface area (Å²) in [6.07, 6.45) is 0. The third kappa shape index (κ3) is 4.71. The molecule has 2 aromatic rings. The molecule has 0 atom stereocenters. The number of aryl methyl sites for hydroxylation is 1. The molecule has 0 aliphatic carbocycles. The lowest BCUT2D eigenvalue weighted by Crippen LogP contribution is -2.47. The van der Waals surface area contributed by atoms with E-state index < -0.39 is 0 Å². The lowest BCUT2D eigenvalue weighted by Gasteiger charge is -2.34. The van der Waals surface area contributed by atoms with Gasteiger partial charge in [-0.05, 0) is 37.2 Å². The van der Waals surface area contributed by atoms with Crippen molar-refractivity contribution >= 4 is 23.5 Å². The van der Waals surface area contributed by atoms with Gasteiger partial charge in [-0.15, -0.1) is 0 Å². The van der Waals surface area contributed by atoms with Crippen molar-refractivity contribution in [2.75, 3.05) is 37.6 Å². The normalized spacial score (nSPS) is 15.1. The minimum Gasteiger partial charge on any atom is -0.347 e. The number of piperazine rings is 1. The zero-order valence-electron chi connectivity index (χ0n) is 15.2. The van der Waals surface area contributed by atoms with Crippen LogP contribution in [0.3, 0.4) is 0 Å². The minimum absolute atomic E-state index is 0.195. The van der Waals surface area contributed by atoms with Crippen LogP contribution >= 0.6 is 11.6 Å². The van der Waals surface area contributed by atoms with Crippen molar-refractivity contribution < 1.29 is 4.79 Å². The van der Waals surface area contributed by atoms with Crippen LogP contribution in [0.2, 0.25) is 5.02 Å². The monoisotopic (exact) mass is 373 g/mol. The molecular weight excluding hydrogens is 350 g/mol. The van der Waals surface area contributed by atoms with E-state index in [1.807, 2.05) is 31.2 Å². The molecule has 26 heavy (non-hydrogen) atoms. The molecule has 1 N–H and O–H groups in total. The van der Waals surface area contributed by atoms with Crippen LogP contribution in [0.15, 0.2) is 30.3 Å². The maximum atomic E-state index is 12.5. The van der Waals surface area contributed by atoms with Gasteiger partial charge in [-0.2, -0.15) is 0 Å². The Labute approximate surface area is 159 Å². The predicted molar refractivity (Wildman–Crippen MR) is 104 cm³/mol. The van der Waals surface area contributed by atoms with Crippen LogP contribution in [0.25, 0.3) is 0 Å². The van der Waals surface area contributed by atoms with E-state index in [1.54, 1.807) is 6.07 Å². The molecule has 1 aromatic heterocycles. The lowest BCUT2D eigenvalue weighted by molar-refractivity contribution is 0.0945. The molecule has 0 bridgehead atoms. The summed E-state index contributed by atoms with van der Waals surface area (Å²) in [5.74, 6) is 0.441. The highest BCUT2D eigenvalue weighted by Crippen LogP contribution is 2.14. The zero-order chi connectivity index (χ0) is 18.5. The van der Waals surface area contributed by atoms with Crippen molar-refractivity contribution in [1.29, 1.82) is 0 Å². The van der Waals surface area contributed by atoms with Gasteiger partial charge in [0, 0.05) is 43.4 Å². The summed E-state index contributed by atoms with van der Waals surface area (Å²) in [6, 6.07) is 9.14. The van der Waals surface area contributed by atoms with Crippen LogP contribution in [0.1, 0.15) is 28.7 Å². The summed E-state index contributed by atoms with van der Waals surface area (Å²) in [4.78, 5) is 26.1. The molecule has 1 amide bonds. The quantitative estimate of drug-likeness (QED) is 0.872. The highest BCUT2D eigenvalue weighted by atomic mass is 35.5. The highest BCUT2D eigenvalue weighted by Gasteiger charge is 2.19. The number of hydrogen-bond donors (Lipinski definition) is 1. The van der Waals surface area contributed by atoms with Gasteiger partial charge in [-0.1, -0.05) is 30.7 Å². The maximum Gasteiger partial charge on any atom is 0.270 e. The van der Waals surface area contributed by atoms with E-state index in [1.165, 1.54) is 0 Å². The van der Waals surface area contributed by atoms with Crippen LogP contribution < -0.4 is 10.2 Å². The van der Waals surface area contributed by atoms with E-state index in [-0.39, 0.29) is 5.91 Å². The van der Waals surface area contributed by atoms with E-state index >= 15 is 0 Å². The van der Waals surface area contributed by atoms with Crippen LogP contribution in [-0.2, 0) is 6.54 Å². The first-order valence-electron chi connectivity index (χ1n) is 8.91. The Kier molecular flexibility index (Phi) is 6.06. The van der Waals surface area contributed by atoms with Gasteiger partial charge in [0.25, 0.3) is 5.91 Å². The van der Waals surface area contributed by atoms with E-state index in [0.29, 0.717) is 23.2 Å². The number of likely N-dealkylation sites (N-methyl/N-ethyl adjacent to an activating group) is 1. The summed E-state index contributed by atoms with van der Waals surface area (Å²) >= 11 is 5.89. The number of amides is 1. The number of hydrogen-bond acceptors (Lipinski definition) is 5. The number of carbonyl (C=O) groups is 1. The summed E-state index contributed by atoms with van der Waals surface area (Å²) in [6.45, 7) is 9.29. The van der Waals surface area contributed by atoms with Crippen molar-refractivity contribution in [3.05, 3.63) is 52.3 Å². The average molecular weight is 374 g/mol. The van der Waals surface area contributed by atoms with Gasteiger partial charge in [0.15, 0.2) is 0 Å². The Bertz CT molecular complexity index is 757. The van der Waals surface area contributed by atoms with Gasteiger partial charge >= 0.3 is 0 Å². The van der Waals surface area contributed by atoms with Crippen LogP contribution in [0.5, 0.6) is 0 Å². The van der Waals surface area contributed by atoms with E-state index in [4.69, 9.17) is 11.6 Å². The number of carbonyl (C=O) groups excluding carboxylic acids is 1. The average Bonchev–Trinajstić information content (AvgIpc) is 2.67. The van der Waals surface area contributed by atoms with Crippen LogP contribution in [-0.4, -0.2) is 53.5 Å². The number of nitrogens with one attached hydrogen (secondary N) is 1. The molecule has 2 heterocycles. The number of anilines is 1. The van der Waals surface area contributed by atoms with Gasteiger partial charge < -0.3 is 15.1 Å².